The molecule has 7 heteroatoms. The van der Waals surface area contributed by atoms with E-state index < -0.39 is 0 Å². The molecule has 0 fully saturated rings. The highest BCUT2D eigenvalue weighted by molar-refractivity contribution is 6.30. The van der Waals surface area contributed by atoms with E-state index >= 15 is 0 Å². The van der Waals surface area contributed by atoms with Crippen LogP contribution in [0.25, 0.3) is 0 Å². The maximum absolute atomic E-state index is 12.0. The van der Waals surface area contributed by atoms with Gasteiger partial charge >= 0.3 is 0 Å². The Bertz CT molecular complexity index is 873. The van der Waals surface area contributed by atoms with Crippen LogP contribution in [0.3, 0.4) is 0 Å². The summed E-state index contributed by atoms with van der Waals surface area (Å²) in [5.74, 6) is 0.799. The Balaban J connectivity index is 1.60. The molecule has 0 aliphatic carbocycles. The van der Waals surface area contributed by atoms with Gasteiger partial charge in [0.15, 0.2) is 0 Å². The molecule has 0 bridgehead atoms. The summed E-state index contributed by atoms with van der Waals surface area (Å²) in [5, 5.41) is 13.2. The fourth-order valence-corrected chi connectivity index (χ4v) is 2.96. The molecule has 1 atom stereocenters. The van der Waals surface area contributed by atoms with Gasteiger partial charge in [0, 0.05) is 10.7 Å². The van der Waals surface area contributed by atoms with Crippen molar-refractivity contribution in [1.82, 2.24) is 10.3 Å². The number of fused-ring (bicyclic) bond motifs is 1. The van der Waals surface area contributed by atoms with E-state index in [2.05, 4.69) is 20.7 Å². The standard InChI is InChI=1S/C18H16ClN5O/c1-11-2-8-14(9-3-11)20-17-22-18-21-16(25)10-15(24(18)23-17)12-4-6-13(19)7-5-12/h2-9,15H,10H2,1H3,(H2,20,21,22,23,25). The number of amides is 1. The summed E-state index contributed by atoms with van der Waals surface area (Å²) in [6.07, 6.45) is 0.272. The van der Waals surface area contributed by atoms with Gasteiger partial charge in [-0.1, -0.05) is 41.4 Å². The number of aliphatic imine (C=N–C) groups is 1. The summed E-state index contributed by atoms with van der Waals surface area (Å²) in [6, 6.07) is 15.2. The van der Waals surface area contributed by atoms with Crippen LogP contribution in [0, 0.1) is 6.92 Å². The number of halogens is 1. The van der Waals surface area contributed by atoms with Crippen LogP contribution in [0.1, 0.15) is 23.6 Å². The molecule has 25 heavy (non-hydrogen) atoms. The number of hydrazone groups is 1. The van der Waals surface area contributed by atoms with Crippen LogP contribution in [0.15, 0.2) is 58.6 Å². The molecule has 1 unspecified atom stereocenters. The number of nitrogens with one attached hydrogen (secondary N) is 2. The number of carbonyl (C=O) groups is 1. The lowest BCUT2D eigenvalue weighted by molar-refractivity contribution is -0.119. The first-order valence-corrected chi connectivity index (χ1v) is 8.32. The minimum Gasteiger partial charge on any atom is -0.324 e. The van der Waals surface area contributed by atoms with Gasteiger partial charge in [0.2, 0.25) is 11.9 Å². The summed E-state index contributed by atoms with van der Waals surface area (Å²) in [7, 11) is 0. The number of anilines is 1. The molecule has 4 rings (SSSR count). The summed E-state index contributed by atoms with van der Waals surface area (Å²) in [6.45, 7) is 2.03. The van der Waals surface area contributed by atoms with Gasteiger partial charge < -0.3 is 5.32 Å². The van der Waals surface area contributed by atoms with E-state index in [4.69, 9.17) is 11.6 Å². The van der Waals surface area contributed by atoms with Gasteiger partial charge in [0.05, 0.1) is 12.5 Å². The first-order chi connectivity index (χ1) is 12.1. The minimum absolute atomic E-state index is 0.175. The Hall–Kier alpha value is -2.86. The smallest absolute Gasteiger partial charge is 0.251 e. The number of aryl methyl sites for hydroxylation is 1. The third kappa shape index (κ3) is 3.21. The molecule has 2 aromatic rings. The van der Waals surface area contributed by atoms with E-state index in [9.17, 15) is 4.79 Å². The lowest BCUT2D eigenvalue weighted by atomic mass is 10.0. The average Bonchev–Trinajstić information content (AvgIpc) is 2.99. The van der Waals surface area contributed by atoms with Crippen molar-refractivity contribution in [2.24, 2.45) is 10.1 Å². The normalized spacial score (nSPS) is 19.0. The lowest BCUT2D eigenvalue weighted by Crippen LogP contribution is -2.40. The van der Waals surface area contributed by atoms with Crippen molar-refractivity contribution in [3.05, 3.63) is 64.7 Å². The maximum atomic E-state index is 12.0. The van der Waals surface area contributed by atoms with Gasteiger partial charge in [-0.25, -0.2) is 5.01 Å². The number of hydrogen-bond donors (Lipinski definition) is 2. The molecule has 0 spiro atoms. The highest BCUT2D eigenvalue weighted by Crippen LogP contribution is 2.31. The van der Waals surface area contributed by atoms with Crippen molar-refractivity contribution in [3.8, 4) is 0 Å². The Morgan fingerprint density at radius 3 is 2.60 bits per heavy atom. The fourth-order valence-electron chi connectivity index (χ4n) is 2.83. The van der Waals surface area contributed by atoms with Crippen molar-refractivity contribution in [1.29, 1.82) is 0 Å². The quantitative estimate of drug-likeness (QED) is 0.869. The summed E-state index contributed by atoms with van der Waals surface area (Å²) >= 11 is 5.96. The molecule has 2 aromatic carbocycles. The molecule has 2 N–H and O–H groups in total. The SMILES string of the molecule is Cc1ccc(NC2=NN3C(=NC(=O)CC3c3ccc(Cl)cc3)N2)cc1. The molecule has 2 aliphatic heterocycles. The molecule has 0 saturated carbocycles. The van der Waals surface area contributed by atoms with E-state index in [0.29, 0.717) is 16.9 Å². The van der Waals surface area contributed by atoms with Crippen molar-refractivity contribution < 1.29 is 4.79 Å². The topological polar surface area (TPSA) is 69.1 Å². The molecule has 0 radical (unpaired) electrons. The van der Waals surface area contributed by atoms with Crippen molar-refractivity contribution >= 4 is 35.1 Å². The van der Waals surface area contributed by atoms with Crippen molar-refractivity contribution in [2.45, 2.75) is 19.4 Å². The summed E-state index contributed by atoms with van der Waals surface area (Å²) < 4.78 is 0. The van der Waals surface area contributed by atoms with Crippen LogP contribution in [0.5, 0.6) is 0 Å². The number of benzene rings is 2. The number of hydrogen-bond acceptors (Lipinski definition) is 5. The van der Waals surface area contributed by atoms with Crippen molar-refractivity contribution in [2.75, 3.05) is 5.32 Å². The number of carbonyl (C=O) groups excluding carboxylic acids is 1. The molecule has 2 heterocycles. The Morgan fingerprint density at radius 1 is 1.16 bits per heavy atom. The highest BCUT2D eigenvalue weighted by Gasteiger charge is 2.35. The minimum atomic E-state index is -0.206. The zero-order chi connectivity index (χ0) is 17.4. The van der Waals surface area contributed by atoms with E-state index in [1.54, 1.807) is 5.01 Å². The molecular weight excluding hydrogens is 338 g/mol. The van der Waals surface area contributed by atoms with Crippen LogP contribution in [0.2, 0.25) is 5.02 Å². The summed E-state index contributed by atoms with van der Waals surface area (Å²) in [4.78, 5) is 16.1. The lowest BCUT2D eigenvalue weighted by Gasteiger charge is -2.28. The monoisotopic (exact) mass is 353 g/mol. The molecule has 126 valence electrons. The molecule has 2 aliphatic rings. The van der Waals surface area contributed by atoms with Gasteiger partial charge in [0.25, 0.3) is 5.91 Å². The maximum Gasteiger partial charge on any atom is 0.251 e. The Labute approximate surface area is 150 Å². The van der Waals surface area contributed by atoms with Gasteiger partial charge in [-0.3, -0.25) is 10.1 Å². The molecular formula is C18H16ClN5O. The van der Waals surface area contributed by atoms with Gasteiger partial charge in [-0.15, -0.1) is 5.10 Å². The zero-order valence-electron chi connectivity index (χ0n) is 13.5. The zero-order valence-corrected chi connectivity index (χ0v) is 14.3. The van der Waals surface area contributed by atoms with E-state index in [1.807, 2.05) is 55.5 Å². The Kier molecular flexibility index (Phi) is 3.89. The van der Waals surface area contributed by atoms with Crippen LogP contribution in [-0.4, -0.2) is 22.8 Å². The van der Waals surface area contributed by atoms with E-state index in [1.165, 1.54) is 5.56 Å². The van der Waals surface area contributed by atoms with Gasteiger partial charge in [-0.05, 0) is 36.8 Å². The molecule has 1 amide bonds. The van der Waals surface area contributed by atoms with Crippen LogP contribution in [0.4, 0.5) is 5.69 Å². The predicted molar refractivity (Wildman–Crippen MR) is 98.5 cm³/mol. The van der Waals surface area contributed by atoms with Gasteiger partial charge in [-0.2, -0.15) is 4.99 Å². The average molecular weight is 354 g/mol. The highest BCUT2D eigenvalue weighted by atomic mass is 35.5. The number of rotatable bonds is 2. The van der Waals surface area contributed by atoms with E-state index in [0.717, 1.165) is 11.3 Å². The second-order valence-electron chi connectivity index (χ2n) is 6.01. The third-order valence-corrected chi connectivity index (χ3v) is 4.37. The second kappa shape index (κ2) is 6.22. The fraction of sp³-hybridized carbons (Fsp3) is 0.167. The van der Waals surface area contributed by atoms with Gasteiger partial charge in [0.1, 0.15) is 0 Å². The van der Waals surface area contributed by atoms with Crippen LogP contribution >= 0.6 is 11.6 Å². The van der Waals surface area contributed by atoms with Crippen molar-refractivity contribution in [3.63, 3.8) is 0 Å². The first-order valence-electron chi connectivity index (χ1n) is 7.94. The molecule has 0 aromatic heterocycles. The molecule has 0 saturated heterocycles. The summed E-state index contributed by atoms with van der Waals surface area (Å²) in [5.41, 5.74) is 3.06. The number of nitrogens with zero attached hydrogens (tertiary/aromatic N) is 3. The van der Waals surface area contributed by atoms with E-state index in [-0.39, 0.29) is 18.4 Å². The predicted octanol–water partition coefficient (Wildman–Crippen LogP) is 3.26. The largest absolute Gasteiger partial charge is 0.324 e. The third-order valence-electron chi connectivity index (χ3n) is 4.12. The number of guanidine groups is 2. The molecule has 6 nitrogen and oxygen atoms in total. The second-order valence-corrected chi connectivity index (χ2v) is 6.45. The van der Waals surface area contributed by atoms with Crippen LogP contribution in [-0.2, 0) is 4.79 Å². The first kappa shape index (κ1) is 15.7. The Morgan fingerprint density at radius 2 is 1.88 bits per heavy atom. The van der Waals surface area contributed by atoms with Crippen LogP contribution < -0.4 is 10.6 Å².